The molecule has 7 aliphatic rings. The summed E-state index contributed by atoms with van der Waals surface area (Å²) in [4.78, 5) is 41.6. The SMILES string of the molecule is COC.COC.COC.C[C@@H]1C(COS(=O)(=O)[O-])OCC(NS(=O)(=O)[O-])[C@@H]1O.C[C@@H]1C(COS(=O)(=O)[O-])OCC(NS(=O)(=O)[O-])[C@@H]1O.C[C@@H]1C(COS(=O)(=O)[O-])OCC(NS(=O)(=O)[O-])[C@@H]1OS(=O)(=O)[O-].C[C@@H]1OC(C(=O)[O-])=C[C@@H](O)C1OS(=O)(=O)[O-].C[C@@H]1OC(C(=O)[O-])C[C@@H](O)C1O.C[C@@H]1OC(C(=O)[O-])C[C@@H](O)C1OS(=O)(=O)[O-].O.O.O.O=C([O-])C1C[C@@H](O)C(OS(=O)(=O)[O-])C(O)O1. The Kier molecular flexibility index (Phi) is 64.6. The molecule has 79 heteroatoms. The molecule has 69 nitrogen and oxygen atoms in total. The first-order valence-electron chi connectivity index (χ1n) is 34.8. The third-order valence-electron chi connectivity index (χ3n) is 16.2. The van der Waals surface area contributed by atoms with Gasteiger partial charge in [0, 0.05) is 79.7 Å². The van der Waals surface area contributed by atoms with Crippen LogP contribution in [-0.4, -0.2) is 440 Å². The van der Waals surface area contributed by atoms with Crippen LogP contribution in [0.1, 0.15) is 60.8 Å². The van der Waals surface area contributed by atoms with Crippen molar-refractivity contribution in [3.63, 3.8) is 0 Å². The van der Waals surface area contributed by atoms with Gasteiger partial charge in [-0.1, -0.05) is 20.8 Å². The van der Waals surface area contributed by atoms with Crippen LogP contribution in [0, 0.1) is 17.8 Å². The van der Waals surface area contributed by atoms with Crippen LogP contribution in [0.5, 0.6) is 0 Å². The zero-order valence-electron chi connectivity index (χ0n) is 70.1. The minimum absolute atomic E-state index is 0. The first-order chi connectivity index (χ1) is 58.5. The molecule has 0 spiro atoms. The van der Waals surface area contributed by atoms with E-state index < -0.39 is 337 Å². The van der Waals surface area contributed by atoms with Crippen LogP contribution in [0.15, 0.2) is 11.8 Å². The molecule has 14 unspecified atom stereocenters. The Morgan fingerprint density at radius 2 is 0.632 bits per heavy atom. The lowest BCUT2D eigenvalue weighted by atomic mass is 9.91. The summed E-state index contributed by atoms with van der Waals surface area (Å²) in [6.45, 7) is 4.78. The highest BCUT2D eigenvalue weighted by Crippen LogP contribution is 2.30. The van der Waals surface area contributed by atoms with Gasteiger partial charge in [0.2, 0.25) is 72.8 Å². The predicted molar refractivity (Wildman–Crippen MR) is 396 cm³/mol. The van der Waals surface area contributed by atoms with Crippen molar-refractivity contribution < 1.29 is 303 Å². The lowest BCUT2D eigenvalue weighted by Crippen LogP contribution is -2.58. The van der Waals surface area contributed by atoms with Gasteiger partial charge in [-0.05, 0) is 26.8 Å². The Morgan fingerprint density at radius 3 is 0.910 bits per heavy atom. The normalized spacial score (nSPS) is 31.3. The average Bonchev–Trinajstić information content (AvgIpc) is 0.801. The minimum Gasteiger partial charge on any atom is -0.735 e. The number of nitrogens with one attached hydrogen (secondary N) is 3. The molecule has 133 heavy (non-hydrogen) atoms. The molecule has 7 aliphatic heterocycles. The van der Waals surface area contributed by atoms with E-state index in [4.69, 9.17) is 39.0 Å². The topological polar surface area (TPSA) is 1180 Å². The van der Waals surface area contributed by atoms with Crippen molar-refractivity contribution in [2.45, 2.75) is 207 Å². The molecule has 0 aliphatic carbocycles. The Bertz CT molecular complexity index is 4480. The molecule has 7 rings (SSSR count). The van der Waals surface area contributed by atoms with E-state index in [1.54, 1.807) is 52.1 Å². The van der Waals surface area contributed by atoms with Crippen LogP contribution < -0.4 is 34.6 Å². The van der Waals surface area contributed by atoms with Crippen LogP contribution in [-0.2, 0) is 200 Å². The Labute approximate surface area is 760 Å². The van der Waals surface area contributed by atoms with E-state index in [2.05, 4.69) is 53.0 Å². The fourth-order valence-corrected chi connectivity index (χ4v) is 15.4. The lowest BCUT2D eigenvalue weighted by Gasteiger charge is -2.41. The van der Waals surface area contributed by atoms with Gasteiger partial charge in [0.15, 0.2) is 43.3 Å². The summed E-state index contributed by atoms with van der Waals surface area (Å²) in [6, 6.07) is -3.80. The Hall–Kier alpha value is -4.68. The number of carboxylic acid groups (broad SMARTS) is 4. The van der Waals surface area contributed by atoms with E-state index in [1.807, 2.05) is 0 Å². The van der Waals surface area contributed by atoms with Crippen LogP contribution in [0.4, 0.5) is 0 Å². The molecular formula is C54H99N3O66S10-14. The summed E-state index contributed by atoms with van der Waals surface area (Å²) in [7, 11) is -40.0. The van der Waals surface area contributed by atoms with E-state index in [9.17, 15) is 195 Å². The first-order valence-corrected chi connectivity index (χ1v) is 48.4. The van der Waals surface area contributed by atoms with Crippen LogP contribution in [0.25, 0.3) is 0 Å². The predicted octanol–water partition coefficient (Wildman–Crippen LogP) is -22.3. The van der Waals surface area contributed by atoms with Crippen molar-refractivity contribution in [1.29, 1.82) is 0 Å². The molecule has 0 aromatic carbocycles. The number of methoxy groups -OCH3 is 3. The highest BCUT2D eigenvalue weighted by Gasteiger charge is 2.45. The summed E-state index contributed by atoms with van der Waals surface area (Å²) in [6.07, 6.45) is -28.0. The maximum atomic E-state index is 10.7. The highest BCUT2D eigenvalue weighted by atomic mass is 32.3. The van der Waals surface area contributed by atoms with Crippen molar-refractivity contribution in [2.24, 2.45) is 17.8 Å². The van der Waals surface area contributed by atoms with Crippen LogP contribution in [0.3, 0.4) is 0 Å². The third kappa shape index (κ3) is 62.2. The molecule has 0 amide bonds. The molecule has 0 aromatic heterocycles. The van der Waals surface area contributed by atoms with Gasteiger partial charge in [0.05, 0.1) is 155 Å². The molecule has 0 radical (unpaired) electrons. The van der Waals surface area contributed by atoms with Gasteiger partial charge < -0.3 is 190 Å². The highest BCUT2D eigenvalue weighted by molar-refractivity contribution is 7.84. The van der Waals surface area contributed by atoms with Crippen molar-refractivity contribution in [2.75, 3.05) is 82.3 Å². The van der Waals surface area contributed by atoms with Gasteiger partial charge in [0.25, 0.3) is 0 Å². The first kappa shape index (κ1) is 139. The molecule has 17 N–H and O–H groups in total. The fourth-order valence-electron chi connectivity index (χ4n) is 10.6. The number of ether oxygens (including phenoxy) is 10. The van der Waals surface area contributed by atoms with E-state index in [0.717, 1.165) is 0 Å². The summed E-state index contributed by atoms with van der Waals surface area (Å²) in [5.41, 5.74) is 0. The molecule has 27 atom stereocenters. The maximum Gasteiger partial charge on any atom is 0.218 e. The van der Waals surface area contributed by atoms with Crippen molar-refractivity contribution in [3.8, 4) is 0 Å². The molecule has 800 valence electrons. The molecule has 0 saturated carbocycles. The van der Waals surface area contributed by atoms with E-state index in [-0.39, 0.29) is 36.1 Å². The van der Waals surface area contributed by atoms with E-state index in [1.165, 1.54) is 46.3 Å². The number of carbonyl (C=O) groups is 4. The van der Waals surface area contributed by atoms with Gasteiger partial charge in [0.1, 0.15) is 48.4 Å². The smallest absolute Gasteiger partial charge is 0.218 e. The summed E-state index contributed by atoms with van der Waals surface area (Å²) in [5, 5.41) is 117. The fraction of sp³-hybridized carbons (Fsp3) is 0.889. The second-order valence-electron chi connectivity index (χ2n) is 26.6. The molecule has 7 heterocycles. The van der Waals surface area contributed by atoms with Gasteiger partial charge in [-0.3, -0.25) is 29.3 Å². The number of hydrogen-bond acceptors (Lipinski definition) is 63. The van der Waals surface area contributed by atoms with Gasteiger partial charge in [-0.25, -0.2) is 98.3 Å². The second kappa shape index (κ2) is 61.8. The van der Waals surface area contributed by atoms with Crippen LogP contribution in [0.2, 0.25) is 0 Å². The van der Waals surface area contributed by atoms with E-state index in [0.29, 0.717) is 6.08 Å². The third-order valence-corrected chi connectivity index (χ3v) is 21.1. The zero-order valence-corrected chi connectivity index (χ0v) is 78.3. The van der Waals surface area contributed by atoms with Crippen molar-refractivity contribution >= 4 is 128 Å². The largest absolute Gasteiger partial charge is 0.735 e. The minimum atomic E-state index is -5.28. The molecular weight excluding hydrogens is 2070 g/mol. The molecule has 6 saturated heterocycles. The van der Waals surface area contributed by atoms with Gasteiger partial charge in [-0.15, -0.1) is 0 Å². The number of aliphatic hydroxyl groups excluding tert-OH is 8. The monoisotopic (exact) mass is 2170 g/mol. The summed E-state index contributed by atoms with van der Waals surface area (Å²) < 4.78 is 392. The van der Waals surface area contributed by atoms with Gasteiger partial charge in [-0.2, -0.15) is 0 Å². The summed E-state index contributed by atoms with van der Waals surface area (Å²) >= 11 is 0. The average molecular weight is 2170 g/mol. The van der Waals surface area contributed by atoms with E-state index >= 15 is 0 Å². The quantitative estimate of drug-likeness (QED) is 0.0269. The number of carbonyl (C=O) groups excluding carboxylic acids is 4. The molecule has 0 aromatic rings. The zero-order chi connectivity index (χ0) is 103. The lowest BCUT2D eigenvalue weighted by molar-refractivity contribution is -0.333. The number of hydrogen-bond donors (Lipinski definition) is 11. The number of rotatable bonds is 27. The van der Waals surface area contributed by atoms with Crippen LogP contribution >= 0.6 is 0 Å². The Morgan fingerprint density at radius 1 is 0.361 bits per heavy atom. The van der Waals surface area contributed by atoms with Crippen molar-refractivity contribution in [1.82, 2.24) is 14.2 Å². The number of aliphatic carboxylic acids is 4. The number of aliphatic hydroxyl groups is 8. The van der Waals surface area contributed by atoms with Gasteiger partial charge >= 0.3 is 0 Å². The second-order valence-corrected chi connectivity index (χ2v) is 37.2. The molecule has 0 bridgehead atoms. The standard InChI is InChI=1S/C7H15NO12S3.2C7H15NO9S2.C7H12O8S.C7H10O8S.C7H12O5.C6H10O9S.3C2H6O.3H2O/c1-4-6(3-19-22(12,13)14)18-2-5(8-21(9,10)11)7(4)20-23(15,16)17;2*1-4-6(3-17-19(13,14)15)16-2-5(7(4)9)8-18(10,11)12;2*1-3-6(15-16(11,12)13)4(8)2-5(14-3)7(9)10;1-3-6(9)4(8)2-5(12-3)7(10)11;7-2-1-3(5(8)9)14-6(10)4(2)15-16(11,12)13;3*1-3-2;;;/h4-8H,2-3H2,1H3,(H,9,10,11)(H,12,13,14)(H,15,16,17);2*4-9H,2-3H2,1H3,(H,10,11,12)(H,13,14,15);3-6,8H,2H2,1H3,(H,9,10)(H,11,12,13);2-4,6,8H,1H3,(H,9,10)(H,11,12,13);3-6,8-9H,2H2,1H3,(H,10,11);2-4,6-7,10H,1H2,(H,8,9)(H,11,12,13);3*1-2H3;3*1H2/p-14/t3*4-,5?,6?,7-;3-,4+,5?,6?;3-,4+,6?;3-,4+,5?,6?;2-,3?,4?,6?;;;;;;/m1110001....../s1. The Balaban J connectivity index is -0.000000349. The maximum absolute atomic E-state index is 10.7. The van der Waals surface area contributed by atoms with Crippen molar-refractivity contribution in [3.05, 3.63) is 11.8 Å². The number of carboxylic acids is 4. The summed E-state index contributed by atoms with van der Waals surface area (Å²) in [5.74, 6) is -9.45. The molecule has 6 fully saturated rings.